The Bertz CT molecular complexity index is 1130. The lowest BCUT2D eigenvalue weighted by molar-refractivity contribution is -0.143. The van der Waals surface area contributed by atoms with Gasteiger partial charge in [0, 0.05) is 17.8 Å². The maximum absolute atomic E-state index is 13.4. The molecule has 3 rings (SSSR count). The van der Waals surface area contributed by atoms with Crippen LogP contribution >= 0.6 is 12.6 Å². The van der Waals surface area contributed by atoms with Crippen LogP contribution in [0.2, 0.25) is 0 Å². The molecule has 0 bridgehead atoms. The van der Waals surface area contributed by atoms with Crippen molar-refractivity contribution in [2.75, 3.05) is 11.6 Å². The maximum Gasteiger partial charge on any atom is 0.349 e. The molecule has 2 N–H and O–H groups in total. The fourth-order valence-electron chi connectivity index (χ4n) is 4.06. The highest BCUT2D eigenvalue weighted by Gasteiger charge is 2.31. The summed E-state index contributed by atoms with van der Waals surface area (Å²) in [6.45, 7) is 22.1. The molecule has 1 aliphatic rings. The van der Waals surface area contributed by atoms with E-state index in [-0.39, 0.29) is 12.1 Å². The van der Waals surface area contributed by atoms with Gasteiger partial charge in [0.2, 0.25) is 6.10 Å². The Balaban J connectivity index is 0. The van der Waals surface area contributed by atoms with E-state index >= 15 is 0 Å². The van der Waals surface area contributed by atoms with Gasteiger partial charge in [-0.05, 0) is 62.8 Å². The number of allylic oxidation sites excluding steroid dienone is 3. The highest BCUT2D eigenvalue weighted by molar-refractivity contribution is 7.79. The van der Waals surface area contributed by atoms with Crippen LogP contribution in [0.4, 0.5) is 5.69 Å². The molecule has 1 aliphatic heterocycles. The summed E-state index contributed by atoms with van der Waals surface area (Å²) in [6.07, 6.45) is 10.1. The number of unbranched alkanes of at least 4 members (excludes halogenated alkanes) is 1. The molecule has 0 fully saturated rings. The predicted molar refractivity (Wildman–Crippen MR) is 189 cm³/mol. The Labute approximate surface area is 267 Å². The first kappa shape index (κ1) is 41.7. The van der Waals surface area contributed by atoms with Crippen molar-refractivity contribution in [3.05, 3.63) is 95.6 Å². The minimum atomic E-state index is -1.17. The van der Waals surface area contributed by atoms with E-state index in [9.17, 15) is 14.7 Å². The van der Waals surface area contributed by atoms with Gasteiger partial charge in [-0.15, -0.1) is 0 Å². The summed E-state index contributed by atoms with van der Waals surface area (Å²) in [7, 11) is 0. The number of ether oxygens (including phenoxy) is 1. The second-order valence-electron chi connectivity index (χ2n) is 8.66. The molecule has 0 saturated heterocycles. The summed E-state index contributed by atoms with van der Waals surface area (Å²) in [6, 6.07) is 13.1. The smallest absolute Gasteiger partial charge is 0.349 e. The fourth-order valence-corrected chi connectivity index (χ4v) is 4.06. The molecule has 0 radical (unpaired) electrons. The quantitative estimate of drug-likeness (QED) is 0.174. The maximum atomic E-state index is 13.4. The summed E-state index contributed by atoms with van der Waals surface area (Å²) in [4.78, 5) is 27.1. The Morgan fingerprint density at radius 1 is 1.09 bits per heavy atom. The number of amides is 1. The average molecular weight is 613 g/mol. The molecule has 43 heavy (non-hydrogen) atoms. The van der Waals surface area contributed by atoms with Crippen LogP contribution in [0.1, 0.15) is 96.1 Å². The van der Waals surface area contributed by atoms with E-state index in [1.807, 2.05) is 90.6 Å². The SMILES string of the molecule is C=C/C(=C\C=C/C)C(Oc1ccc(CN2C(=O)c3cc(C)ccc3NC2CCCC)cc1)C(=O)O.CC.CC.CC.CS. The van der Waals surface area contributed by atoms with Crippen LogP contribution in [-0.4, -0.2) is 40.4 Å². The van der Waals surface area contributed by atoms with Crippen molar-refractivity contribution in [3.8, 4) is 5.75 Å². The molecule has 240 valence electrons. The topological polar surface area (TPSA) is 78.9 Å². The van der Waals surface area contributed by atoms with Gasteiger partial charge in [-0.2, -0.15) is 12.6 Å². The number of anilines is 1. The van der Waals surface area contributed by atoms with Gasteiger partial charge in [0.1, 0.15) is 11.9 Å². The molecular weight excluding hydrogens is 556 g/mol. The van der Waals surface area contributed by atoms with E-state index in [1.165, 1.54) is 6.08 Å². The number of nitrogens with zero attached hydrogens (tertiary/aromatic N) is 1. The monoisotopic (exact) mass is 612 g/mol. The van der Waals surface area contributed by atoms with E-state index in [0.717, 1.165) is 36.1 Å². The molecule has 1 heterocycles. The molecule has 0 saturated carbocycles. The van der Waals surface area contributed by atoms with Gasteiger partial charge in [-0.3, -0.25) is 4.79 Å². The molecule has 0 aromatic heterocycles. The van der Waals surface area contributed by atoms with E-state index in [0.29, 0.717) is 23.4 Å². The van der Waals surface area contributed by atoms with Crippen LogP contribution in [0.3, 0.4) is 0 Å². The minimum absolute atomic E-state index is 0.0135. The zero-order valence-electron chi connectivity index (χ0n) is 28.1. The van der Waals surface area contributed by atoms with Crippen LogP contribution in [0.5, 0.6) is 5.75 Å². The lowest BCUT2D eigenvalue weighted by Gasteiger charge is -2.38. The number of hydrogen-bond donors (Lipinski definition) is 3. The lowest BCUT2D eigenvalue weighted by atomic mass is 10.0. The number of fused-ring (bicyclic) bond motifs is 1. The van der Waals surface area contributed by atoms with E-state index in [2.05, 4.69) is 31.4 Å². The van der Waals surface area contributed by atoms with Crippen molar-refractivity contribution in [2.24, 2.45) is 0 Å². The van der Waals surface area contributed by atoms with Crippen molar-refractivity contribution in [1.29, 1.82) is 0 Å². The van der Waals surface area contributed by atoms with Gasteiger partial charge in [-0.25, -0.2) is 4.79 Å². The number of nitrogens with one attached hydrogen (secondary N) is 1. The first-order chi connectivity index (χ1) is 20.9. The highest BCUT2D eigenvalue weighted by Crippen LogP contribution is 2.30. The zero-order chi connectivity index (χ0) is 33.4. The highest BCUT2D eigenvalue weighted by atomic mass is 32.1. The van der Waals surface area contributed by atoms with Crippen LogP contribution in [0.15, 0.2) is 78.9 Å². The Morgan fingerprint density at radius 3 is 2.21 bits per heavy atom. The summed E-state index contributed by atoms with van der Waals surface area (Å²) in [5.41, 5.74) is 4.00. The van der Waals surface area contributed by atoms with Crippen LogP contribution in [-0.2, 0) is 11.3 Å². The first-order valence-electron chi connectivity index (χ1n) is 15.4. The minimum Gasteiger partial charge on any atom is -0.478 e. The third-order valence-corrected chi connectivity index (χ3v) is 5.97. The zero-order valence-corrected chi connectivity index (χ0v) is 29.0. The summed E-state index contributed by atoms with van der Waals surface area (Å²) >= 11 is 3.53. The normalized spacial score (nSPS) is 14.0. The average Bonchev–Trinajstić information content (AvgIpc) is 3.06. The molecule has 0 aliphatic carbocycles. The number of thiol groups is 1. The van der Waals surface area contributed by atoms with Gasteiger partial charge in [0.15, 0.2) is 0 Å². The Morgan fingerprint density at radius 2 is 1.70 bits per heavy atom. The van der Waals surface area contributed by atoms with Crippen LogP contribution in [0.25, 0.3) is 0 Å². The van der Waals surface area contributed by atoms with Crippen molar-refractivity contribution in [2.45, 2.75) is 100 Å². The number of carbonyl (C=O) groups excluding carboxylic acids is 1. The summed E-state index contributed by atoms with van der Waals surface area (Å²) in [5, 5.41) is 13.2. The van der Waals surface area contributed by atoms with E-state index < -0.39 is 12.1 Å². The second kappa shape index (κ2) is 25.1. The van der Waals surface area contributed by atoms with E-state index in [4.69, 9.17) is 4.74 Å². The third kappa shape index (κ3) is 13.6. The predicted octanol–water partition coefficient (Wildman–Crippen LogP) is 9.72. The number of hydrogen-bond acceptors (Lipinski definition) is 5. The van der Waals surface area contributed by atoms with E-state index in [1.54, 1.807) is 36.6 Å². The molecule has 1 amide bonds. The van der Waals surface area contributed by atoms with Crippen molar-refractivity contribution >= 4 is 30.2 Å². The molecule has 2 aromatic rings. The third-order valence-electron chi connectivity index (χ3n) is 5.97. The van der Waals surface area contributed by atoms with Gasteiger partial charge in [0.05, 0.1) is 5.56 Å². The number of rotatable bonds is 11. The van der Waals surface area contributed by atoms with Crippen molar-refractivity contribution < 1.29 is 19.4 Å². The number of benzene rings is 2. The summed E-state index contributed by atoms with van der Waals surface area (Å²) in [5.74, 6) is -0.650. The first-order valence-corrected chi connectivity index (χ1v) is 16.3. The largest absolute Gasteiger partial charge is 0.478 e. The van der Waals surface area contributed by atoms with Crippen LogP contribution in [0, 0.1) is 6.92 Å². The van der Waals surface area contributed by atoms with Crippen molar-refractivity contribution in [1.82, 2.24) is 4.90 Å². The summed E-state index contributed by atoms with van der Waals surface area (Å²) < 4.78 is 5.76. The number of carbonyl (C=O) groups is 2. The number of aryl methyl sites for hydroxylation is 1. The number of carboxylic acid groups (broad SMARTS) is 1. The molecule has 2 aromatic carbocycles. The fraction of sp³-hybridized carbons (Fsp3) is 0.444. The molecule has 2 unspecified atom stereocenters. The van der Waals surface area contributed by atoms with Gasteiger partial charge in [0.25, 0.3) is 5.91 Å². The molecule has 0 spiro atoms. The van der Waals surface area contributed by atoms with Crippen molar-refractivity contribution in [3.63, 3.8) is 0 Å². The second-order valence-corrected chi connectivity index (χ2v) is 8.66. The number of aliphatic carboxylic acids is 1. The number of carboxylic acids is 1. The Kier molecular flexibility index (Phi) is 24.3. The Hall–Kier alpha value is -3.45. The molecule has 2 atom stereocenters. The van der Waals surface area contributed by atoms with Crippen LogP contribution < -0.4 is 10.1 Å². The standard InChI is InChI=1S/C29H34N2O4.3C2H6.CH4S/c1-5-8-10-22(7-3)27(29(33)34)35-23-15-13-21(14-16-23)19-31-26(11-9-6-2)30-25-17-12-20(4)18-24(25)28(31)32;4*1-2/h5,7-8,10,12-18,26-27,30H,3,6,9,11,19H2,1-2,4H3,(H,33,34);3*1-2H3;2H,1H3/b8-5-,22-10+;;;;. The molecule has 7 heteroatoms. The van der Waals surface area contributed by atoms with Gasteiger partial charge >= 0.3 is 5.97 Å². The lowest BCUT2D eigenvalue weighted by Crippen LogP contribution is -2.48. The molecule has 6 nitrogen and oxygen atoms in total. The van der Waals surface area contributed by atoms with Gasteiger partial charge in [-0.1, -0.05) is 110 Å². The molecular formula is C36H56N2O4S. The van der Waals surface area contributed by atoms with Gasteiger partial charge < -0.3 is 20.1 Å².